The van der Waals surface area contributed by atoms with Crippen LogP contribution < -0.4 is 14.8 Å². The number of rotatable bonds is 7. The summed E-state index contributed by atoms with van der Waals surface area (Å²) < 4.78 is 43.5. The summed E-state index contributed by atoms with van der Waals surface area (Å²) in [6.07, 6.45) is 0. The number of hydrogen-bond acceptors (Lipinski definition) is 6. The molecule has 1 heterocycles. The van der Waals surface area contributed by atoms with Gasteiger partial charge >= 0.3 is 0 Å². The number of amides is 1. The van der Waals surface area contributed by atoms with Crippen LogP contribution in [-0.4, -0.2) is 52.0 Å². The smallest absolute Gasteiger partial charge is 0.255 e. The first-order valence-corrected chi connectivity index (χ1v) is 11.8. The summed E-state index contributed by atoms with van der Waals surface area (Å²) in [5.41, 5.74) is 0.799. The Labute approximate surface area is 192 Å². The van der Waals surface area contributed by atoms with Crippen molar-refractivity contribution in [2.24, 2.45) is 0 Å². The highest BCUT2D eigenvalue weighted by Gasteiger charge is 2.26. The Morgan fingerprint density at radius 2 is 1.64 bits per heavy atom. The van der Waals surface area contributed by atoms with E-state index in [9.17, 15) is 13.2 Å². The summed E-state index contributed by atoms with van der Waals surface area (Å²) in [6.45, 7) is 1.30. The summed E-state index contributed by atoms with van der Waals surface area (Å²) in [7, 11) is -2.11. The fraction of sp³-hybridized carbons (Fsp3) is 0.208. The lowest BCUT2D eigenvalue weighted by atomic mass is 10.2. The second-order valence-corrected chi connectivity index (χ2v) is 9.21. The molecule has 1 aliphatic rings. The quantitative estimate of drug-likeness (QED) is 0.568. The minimum absolute atomic E-state index is 0.0811. The van der Waals surface area contributed by atoms with Crippen LogP contribution in [0.5, 0.6) is 17.2 Å². The van der Waals surface area contributed by atoms with Crippen molar-refractivity contribution < 1.29 is 27.4 Å². The van der Waals surface area contributed by atoms with Crippen LogP contribution in [0.3, 0.4) is 0 Å². The van der Waals surface area contributed by atoms with Crippen molar-refractivity contribution in [2.75, 3.05) is 38.7 Å². The third kappa shape index (κ3) is 5.33. The van der Waals surface area contributed by atoms with Gasteiger partial charge in [-0.1, -0.05) is 18.2 Å². The minimum atomic E-state index is -3.69. The van der Waals surface area contributed by atoms with Crippen molar-refractivity contribution in [3.63, 3.8) is 0 Å². The summed E-state index contributed by atoms with van der Waals surface area (Å²) in [4.78, 5) is 12.8. The number of anilines is 1. The third-order valence-corrected chi connectivity index (χ3v) is 7.01. The molecule has 0 aromatic heterocycles. The molecule has 1 saturated heterocycles. The minimum Gasteiger partial charge on any atom is -0.493 e. The van der Waals surface area contributed by atoms with E-state index in [1.807, 2.05) is 12.1 Å². The molecule has 1 fully saturated rings. The van der Waals surface area contributed by atoms with Gasteiger partial charge in [-0.05, 0) is 54.6 Å². The van der Waals surface area contributed by atoms with E-state index in [1.54, 1.807) is 55.6 Å². The van der Waals surface area contributed by atoms with Gasteiger partial charge in [0.25, 0.3) is 5.91 Å². The Balaban J connectivity index is 1.45. The monoisotopic (exact) mass is 468 g/mol. The van der Waals surface area contributed by atoms with Gasteiger partial charge < -0.3 is 19.5 Å². The first-order chi connectivity index (χ1) is 16.0. The molecule has 0 radical (unpaired) electrons. The molecule has 33 heavy (non-hydrogen) atoms. The molecule has 0 bridgehead atoms. The number of nitrogens with zero attached hydrogens (tertiary/aromatic N) is 1. The molecule has 1 aliphatic heterocycles. The predicted molar refractivity (Wildman–Crippen MR) is 123 cm³/mol. The zero-order valence-corrected chi connectivity index (χ0v) is 18.9. The average molecular weight is 469 g/mol. The van der Waals surface area contributed by atoms with Gasteiger partial charge in [0.2, 0.25) is 10.0 Å². The predicted octanol–water partition coefficient (Wildman–Crippen LogP) is 3.76. The number of para-hydroxylation sites is 2. The number of carbonyl (C=O) groups is 1. The van der Waals surface area contributed by atoms with Gasteiger partial charge in [0, 0.05) is 24.3 Å². The molecule has 3 aromatic rings. The summed E-state index contributed by atoms with van der Waals surface area (Å²) in [6, 6.07) is 20.2. The van der Waals surface area contributed by atoms with Crippen LogP contribution in [0.25, 0.3) is 0 Å². The van der Waals surface area contributed by atoms with Gasteiger partial charge in [-0.2, -0.15) is 4.31 Å². The fourth-order valence-electron chi connectivity index (χ4n) is 3.37. The van der Waals surface area contributed by atoms with Gasteiger partial charge in [-0.25, -0.2) is 8.42 Å². The topological polar surface area (TPSA) is 94.2 Å². The van der Waals surface area contributed by atoms with E-state index >= 15 is 0 Å². The van der Waals surface area contributed by atoms with Gasteiger partial charge in [-0.3, -0.25) is 4.79 Å². The Hall–Kier alpha value is -3.40. The Kier molecular flexibility index (Phi) is 6.93. The molecule has 3 aromatic carbocycles. The van der Waals surface area contributed by atoms with Crippen molar-refractivity contribution in [3.8, 4) is 17.2 Å². The second-order valence-electron chi connectivity index (χ2n) is 7.28. The average Bonchev–Trinajstić information content (AvgIpc) is 2.86. The highest BCUT2D eigenvalue weighted by Crippen LogP contribution is 2.31. The van der Waals surface area contributed by atoms with E-state index in [4.69, 9.17) is 14.2 Å². The van der Waals surface area contributed by atoms with Gasteiger partial charge in [0.15, 0.2) is 11.5 Å². The zero-order chi connectivity index (χ0) is 23.3. The number of methoxy groups -OCH3 is 1. The summed E-state index contributed by atoms with van der Waals surface area (Å²) in [5.74, 6) is 1.36. The van der Waals surface area contributed by atoms with E-state index < -0.39 is 15.9 Å². The van der Waals surface area contributed by atoms with Crippen LogP contribution in [0.4, 0.5) is 5.69 Å². The van der Waals surface area contributed by atoms with Crippen molar-refractivity contribution >= 4 is 21.6 Å². The van der Waals surface area contributed by atoms with Gasteiger partial charge in [0.05, 0.1) is 25.2 Å². The van der Waals surface area contributed by atoms with Crippen molar-refractivity contribution in [1.82, 2.24) is 4.31 Å². The molecule has 0 saturated carbocycles. The van der Waals surface area contributed by atoms with E-state index in [0.717, 1.165) is 0 Å². The largest absolute Gasteiger partial charge is 0.493 e. The lowest BCUT2D eigenvalue weighted by Crippen LogP contribution is -2.40. The SMILES string of the molecule is COc1ccccc1Oc1ccc(NC(=O)c2cccc(S(=O)(=O)N3CCOCC3)c2)cc1. The molecule has 172 valence electrons. The molecule has 0 atom stereocenters. The molecule has 0 aliphatic carbocycles. The van der Waals surface area contributed by atoms with Crippen LogP contribution in [-0.2, 0) is 14.8 Å². The van der Waals surface area contributed by atoms with Crippen molar-refractivity contribution in [3.05, 3.63) is 78.4 Å². The van der Waals surface area contributed by atoms with Crippen LogP contribution >= 0.6 is 0 Å². The van der Waals surface area contributed by atoms with E-state index in [1.165, 1.54) is 16.4 Å². The first kappa shape index (κ1) is 22.8. The number of hydrogen-bond donors (Lipinski definition) is 1. The Bertz CT molecular complexity index is 1220. The van der Waals surface area contributed by atoms with E-state index in [-0.39, 0.29) is 10.5 Å². The van der Waals surface area contributed by atoms with Crippen LogP contribution in [0, 0.1) is 0 Å². The molecule has 8 nitrogen and oxygen atoms in total. The summed E-state index contributed by atoms with van der Waals surface area (Å²) in [5, 5.41) is 2.78. The lowest BCUT2D eigenvalue weighted by Gasteiger charge is -2.26. The molecule has 9 heteroatoms. The number of ether oxygens (including phenoxy) is 3. The summed E-state index contributed by atoms with van der Waals surface area (Å²) >= 11 is 0. The molecule has 0 unspecified atom stereocenters. The van der Waals surface area contributed by atoms with Gasteiger partial charge in [-0.15, -0.1) is 0 Å². The number of nitrogens with one attached hydrogen (secondary N) is 1. The molecular weight excluding hydrogens is 444 g/mol. The molecule has 1 N–H and O–H groups in total. The molecule has 4 rings (SSSR count). The van der Waals surface area contributed by atoms with Crippen LogP contribution in [0.2, 0.25) is 0 Å². The van der Waals surface area contributed by atoms with Crippen molar-refractivity contribution in [2.45, 2.75) is 4.90 Å². The standard InChI is InChI=1S/C24H24N2O6S/c1-30-22-7-2-3-8-23(22)32-20-11-9-19(10-12-20)25-24(27)18-5-4-6-21(17-18)33(28,29)26-13-15-31-16-14-26/h2-12,17H,13-16H2,1H3,(H,25,27). The maximum absolute atomic E-state index is 12.9. The second kappa shape index (κ2) is 10.0. The Morgan fingerprint density at radius 1 is 0.939 bits per heavy atom. The van der Waals surface area contributed by atoms with Crippen LogP contribution in [0.1, 0.15) is 10.4 Å². The number of benzene rings is 3. The number of carbonyl (C=O) groups excluding carboxylic acids is 1. The van der Waals surface area contributed by atoms with Gasteiger partial charge in [0.1, 0.15) is 5.75 Å². The molecular formula is C24H24N2O6S. The molecule has 0 spiro atoms. The van der Waals surface area contributed by atoms with E-state index in [2.05, 4.69) is 5.32 Å². The van der Waals surface area contributed by atoms with Crippen LogP contribution in [0.15, 0.2) is 77.7 Å². The fourth-order valence-corrected chi connectivity index (χ4v) is 4.83. The highest BCUT2D eigenvalue weighted by atomic mass is 32.2. The lowest BCUT2D eigenvalue weighted by molar-refractivity contribution is 0.0730. The maximum Gasteiger partial charge on any atom is 0.255 e. The Morgan fingerprint density at radius 3 is 2.33 bits per heavy atom. The number of morpholine rings is 1. The third-order valence-electron chi connectivity index (χ3n) is 5.11. The van der Waals surface area contributed by atoms with Crippen molar-refractivity contribution in [1.29, 1.82) is 0 Å². The van der Waals surface area contributed by atoms with E-state index in [0.29, 0.717) is 49.2 Å². The highest BCUT2D eigenvalue weighted by molar-refractivity contribution is 7.89. The maximum atomic E-state index is 12.9. The normalized spacial score (nSPS) is 14.5. The number of sulfonamides is 1. The molecule has 1 amide bonds. The first-order valence-electron chi connectivity index (χ1n) is 10.4. The zero-order valence-electron chi connectivity index (χ0n) is 18.1.